The van der Waals surface area contributed by atoms with Crippen molar-refractivity contribution in [1.29, 1.82) is 0 Å². The van der Waals surface area contributed by atoms with E-state index in [2.05, 4.69) is 35.9 Å². The normalized spacial score (nSPS) is 10.3. The Morgan fingerprint density at radius 1 is 1.07 bits per heavy atom. The fourth-order valence-corrected chi connectivity index (χ4v) is 1.57. The summed E-state index contributed by atoms with van der Waals surface area (Å²) in [5.41, 5.74) is 4.65. The molecule has 0 aliphatic carbocycles. The number of pyridine rings is 2. The van der Waals surface area contributed by atoms with Crippen LogP contribution in [-0.2, 0) is 6.42 Å². The Morgan fingerprint density at radius 3 is 2.67 bits per heavy atom. The summed E-state index contributed by atoms with van der Waals surface area (Å²) in [7, 11) is 0. The molecule has 0 fully saturated rings. The van der Waals surface area contributed by atoms with Crippen LogP contribution < -0.4 is 0 Å². The molecular formula is C13H14N2. The first-order valence-electron chi connectivity index (χ1n) is 5.08. The van der Waals surface area contributed by atoms with Gasteiger partial charge in [0.15, 0.2) is 0 Å². The molecule has 15 heavy (non-hydrogen) atoms. The molecule has 0 amide bonds. The summed E-state index contributed by atoms with van der Waals surface area (Å²) >= 11 is 0. The van der Waals surface area contributed by atoms with E-state index in [4.69, 9.17) is 0 Å². The molecule has 0 N–H and O–H groups in total. The molecule has 2 aromatic rings. The van der Waals surface area contributed by atoms with Crippen molar-refractivity contribution in [2.24, 2.45) is 0 Å². The highest BCUT2D eigenvalue weighted by Gasteiger charge is 2.01. The molecule has 2 aromatic heterocycles. The third kappa shape index (κ3) is 2.40. The average molecular weight is 198 g/mol. The first-order chi connectivity index (χ1) is 7.25. The van der Waals surface area contributed by atoms with Crippen LogP contribution in [0.2, 0.25) is 0 Å². The maximum Gasteiger partial charge on any atom is 0.0492 e. The summed E-state index contributed by atoms with van der Waals surface area (Å²) in [6, 6.07) is 8.16. The lowest BCUT2D eigenvalue weighted by Gasteiger charge is -2.04. The first-order valence-corrected chi connectivity index (χ1v) is 5.08. The van der Waals surface area contributed by atoms with E-state index in [1.165, 1.54) is 11.1 Å². The number of hydrogen-bond acceptors (Lipinski definition) is 2. The topological polar surface area (TPSA) is 25.8 Å². The number of hydrogen-bond donors (Lipinski definition) is 0. The zero-order chi connectivity index (χ0) is 10.7. The van der Waals surface area contributed by atoms with Gasteiger partial charge in [0.1, 0.15) is 0 Å². The maximum atomic E-state index is 4.36. The predicted octanol–water partition coefficient (Wildman–Crippen LogP) is 2.68. The highest BCUT2D eigenvalue weighted by atomic mass is 14.7. The minimum Gasteiger partial charge on any atom is -0.261 e. The second-order valence-corrected chi connectivity index (χ2v) is 3.77. The minimum atomic E-state index is 0.814. The summed E-state index contributed by atoms with van der Waals surface area (Å²) in [6.07, 6.45) is 4.50. The molecule has 2 rings (SSSR count). The Labute approximate surface area is 90.0 Å². The Hall–Kier alpha value is -1.70. The fourth-order valence-electron chi connectivity index (χ4n) is 1.57. The zero-order valence-electron chi connectivity index (χ0n) is 9.07. The van der Waals surface area contributed by atoms with Crippen LogP contribution in [0.25, 0.3) is 0 Å². The van der Waals surface area contributed by atoms with E-state index in [1.54, 1.807) is 0 Å². The standard InChI is InChI=1S/C13H14N2/c1-10-5-7-14-12(8-10)9-13-11(2)4-3-6-15-13/h3-8H,9H2,1-2H3. The van der Waals surface area contributed by atoms with Gasteiger partial charge in [-0.2, -0.15) is 0 Å². The SMILES string of the molecule is Cc1ccnc(Cc2ncccc2C)c1. The molecule has 2 nitrogen and oxygen atoms in total. The van der Waals surface area contributed by atoms with E-state index < -0.39 is 0 Å². The van der Waals surface area contributed by atoms with Gasteiger partial charge in [-0.15, -0.1) is 0 Å². The van der Waals surface area contributed by atoms with Gasteiger partial charge in [0.25, 0.3) is 0 Å². The van der Waals surface area contributed by atoms with Crippen LogP contribution in [0, 0.1) is 13.8 Å². The molecule has 2 heteroatoms. The molecule has 0 saturated carbocycles. The van der Waals surface area contributed by atoms with Crippen molar-refractivity contribution in [3.63, 3.8) is 0 Å². The van der Waals surface area contributed by atoms with Gasteiger partial charge in [0.2, 0.25) is 0 Å². The van der Waals surface area contributed by atoms with Crippen LogP contribution in [0.15, 0.2) is 36.7 Å². The van der Waals surface area contributed by atoms with E-state index >= 15 is 0 Å². The zero-order valence-corrected chi connectivity index (χ0v) is 9.07. The largest absolute Gasteiger partial charge is 0.261 e. The van der Waals surface area contributed by atoms with E-state index in [-0.39, 0.29) is 0 Å². The monoisotopic (exact) mass is 198 g/mol. The molecule has 0 spiro atoms. The molecule has 0 atom stereocenters. The summed E-state index contributed by atoms with van der Waals surface area (Å²) in [4.78, 5) is 8.70. The molecule has 0 aliphatic heterocycles. The third-order valence-electron chi connectivity index (χ3n) is 2.44. The van der Waals surface area contributed by atoms with Crippen LogP contribution in [0.1, 0.15) is 22.5 Å². The predicted molar refractivity (Wildman–Crippen MR) is 60.8 cm³/mol. The summed E-state index contributed by atoms with van der Waals surface area (Å²) in [5.74, 6) is 0. The Balaban J connectivity index is 2.26. The molecule has 0 radical (unpaired) electrons. The van der Waals surface area contributed by atoms with E-state index in [0.29, 0.717) is 0 Å². The summed E-state index contributed by atoms with van der Waals surface area (Å²) in [6.45, 7) is 4.16. The summed E-state index contributed by atoms with van der Waals surface area (Å²) < 4.78 is 0. The van der Waals surface area contributed by atoms with Gasteiger partial charge in [0.05, 0.1) is 0 Å². The van der Waals surface area contributed by atoms with Crippen molar-refractivity contribution in [3.05, 3.63) is 59.2 Å². The van der Waals surface area contributed by atoms with Crippen molar-refractivity contribution in [1.82, 2.24) is 9.97 Å². The average Bonchev–Trinajstić information content (AvgIpc) is 2.22. The molecule has 2 heterocycles. The molecule has 0 aliphatic rings. The number of nitrogens with zero attached hydrogens (tertiary/aromatic N) is 2. The van der Waals surface area contributed by atoms with Gasteiger partial charge in [-0.25, -0.2) is 0 Å². The number of aromatic nitrogens is 2. The van der Waals surface area contributed by atoms with Gasteiger partial charge >= 0.3 is 0 Å². The smallest absolute Gasteiger partial charge is 0.0492 e. The lowest BCUT2D eigenvalue weighted by Crippen LogP contribution is -1.97. The number of aryl methyl sites for hydroxylation is 2. The lowest BCUT2D eigenvalue weighted by atomic mass is 10.1. The molecule has 0 saturated heterocycles. The second kappa shape index (κ2) is 4.22. The third-order valence-corrected chi connectivity index (χ3v) is 2.44. The Kier molecular flexibility index (Phi) is 2.77. The lowest BCUT2D eigenvalue weighted by molar-refractivity contribution is 0.988. The van der Waals surface area contributed by atoms with E-state index in [9.17, 15) is 0 Å². The van der Waals surface area contributed by atoms with Crippen LogP contribution >= 0.6 is 0 Å². The highest BCUT2D eigenvalue weighted by Crippen LogP contribution is 2.09. The van der Waals surface area contributed by atoms with Crippen molar-refractivity contribution >= 4 is 0 Å². The van der Waals surface area contributed by atoms with Crippen LogP contribution in [0.5, 0.6) is 0 Å². The second-order valence-electron chi connectivity index (χ2n) is 3.77. The fraction of sp³-hybridized carbons (Fsp3) is 0.231. The first kappa shape index (κ1) is 9.84. The maximum absolute atomic E-state index is 4.36. The van der Waals surface area contributed by atoms with Gasteiger partial charge in [-0.1, -0.05) is 6.07 Å². The molecular weight excluding hydrogens is 184 g/mol. The van der Waals surface area contributed by atoms with Crippen LogP contribution in [0.3, 0.4) is 0 Å². The van der Waals surface area contributed by atoms with Gasteiger partial charge in [0, 0.05) is 30.2 Å². The Morgan fingerprint density at radius 2 is 1.93 bits per heavy atom. The quantitative estimate of drug-likeness (QED) is 0.741. The van der Waals surface area contributed by atoms with E-state index in [0.717, 1.165) is 17.8 Å². The Bertz CT molecular complexity index is 464. The molecule has 0 aromatic carbocycles. The van der Waals surface area contributed by atoms with E-state index in [1.807, 2.05) is 24.5 Å². The minimum absolute atomic E-state index is 0.814. The van der Waals surface area contributed by atoms with Gasteiger partial charge in [-0.3, -0.25) is 9.97 Å². The van der Waals surface area contributed by atoms with Gasteiger partial charge < -0.3 is 0 Å². The summed E-state index contributed by atoms with van der Waals surface area (Å²) in [5, 5.41) is 0. The number of rotatable bonds is 2. The van der Waals surface area contributed by atoms with Gasteiger partial charge in [-0.05, 0) is 43.2 Å². The van der Waals surface area contributed by atoms with Crippen molar-refractivity contribution in [2.45, 2.75) is 20.3 Å². The van der Waals surface area contributed by atoms with Crippen molar-refractivity contribution in [2.75, 3.05) is 0 Å². The highest BCUT2D eigenvalue weighted by molar-refractivity contribution is 5.24. The molecule has 0 unspecified atom stereocenters. The molecule has 76 valence electrons. The molecule has 0 bridgehead atoms. The van der Waals surface area contributed by atoms with Crippen LogP contribution in [0.4, 0.5) is 0 Å². The van der Waals surface area contributed by atoms with Crippen LogP contribution in [-0.4, -0.2) is 9.97 Å². The van der Waals surface area contributed by atoms with Crippen molar-refractivity contribution < 1.29 is 0 Å². The van der Waals surface area contributed by atoms with Crippen molar-refractivity contribution in [3.8, 4) is 0 Å².